The van der Waals surface area contributed by atoms with Crippen molar-refractivity contribution in [3.05, 3.63) is 42.0 Å². The van der Waals surface area contributed by atoms with Crippen molar-refractivity contribution in [2.45, 2.75) is 20.8 Å². The van der Waals surface area contributed by atoms with Crippen LogP contribution in [0.3, 0.4) is 0 Å². The van der Waals surface area contributed by atoms with Gasteiger partial charge < -0.3 is 0 Å². The molecule has 0 bridgehead atoms. The van der Waals surface area contributed by atoms with E-state index in [1.165, 1.54) is 0 Å². The van der Waals surface area contributed by atoms with Gasteiger partial charge >= 0.3 is 0 Å². The van der Waals surface area contributed by atoms with Crippen molar-refractivity contribution in [3.63, 3.8) is 0 Å². The van der Waals surface area contributed by atoms with E-state index in [1.54, 1.807) is 6.33 Å². The molecule has 2 heteroatoms. The van der Waals surface area contributed by atoms with Gasteiger partial charge in [-0.15, -0.1) is 0 Å². The number of hydrogen-bond acceptors (Lipinski definition) is 2. The molecule has 0 spiro atoms. The Morgan fingerprint density at radius 2 is 1.85 bits per heavy atom. The molecule has 1 rings (SSSR count). The molecule has 0 aliphatic heterocycles. The first-order valence-corrected chi connectivity index (χ1v) is 4.28. The van der Waals surface area contributed by atoms with Gasteiger partial charge in [-0.25, -0.2) is 9.97 Å². The van der Waals surface area contributed by atoms with Crippen LogP contribution >= 0.6 is 0 Å². The Bertz CT molecular complexity index is 331. The van der Waals surface area contributed by atoms with Gasteiger partial charge in [-0.3, -0.25) is 0 Å². The molecule has 0 saturated heterocycles. The van der Waals surface area contributed by atoms with Crippen LogP contribution in [-0.4, -0.2) is 9.97 Å². The third-order valence-electron chi connectivity index (χ3n) is 2.05. The highest BCUT2D eigenvalue weighted by Gasteiger charge is 2.06. The molecule has 0 radical (unpaired) electrons. The molecular formula is C11H14N2. The van der Waals surface area contributed by atoms with Crippen LogP contribution in [0.15, 0.2) is 25.1 Å². The van der Waals surface area contributed by atoms with E-state index in [0.29, 0.717) is 0 Å². The van der Waals surface area contributed by atoms with E-state index in [9.17, 15) is 0 Å². The third-order valence-corrected chi connectivity index (χ3v) is 2.05. The van der Waals surface area contributed by atoms with Crippen LogP contribution in [0.25, 0.3) is 5.57 Å². The third kappa shape index (κ3) is 1.83. The molecule has 1 aromatic rings. The molecule has 68 valence electrons. The van der Waals surface area contributed by atoms with E-state index in [4.69, 9.17) is 0 Å². The van der Waals surface area contributed by atoms with Crippen molar-refractivity contribution in [1.82, 2.24) is 9.97 Å². The predicted octanol–water partition coefficient (Wildman–Crippen LogP) is 2.68. The van der Waals surface area contributed by atoms with Gasteiger partial charge in [0.2, 0.25) is 0 Å². The van der Waals surface area contributed by atoms with Crippen molar-refractivity contribution in [1.29, 1.82) is 0 Å². The molecule has 1 aromatic heterocycles. The fourth-order valence-corrected chi connectivity index (χ4v) is 1.38. The Hall–Kier alpha value is -1.44. The fourth-order valence-electron chi connectivity index (χ4n) is 1.38. The summed E-state index contributed by atoms with van der Waals surface area (Å²) in [6.45, 7) is 9.72. The normalized spacial score (nSPS) is 11.5. The molecule has 0 amide bonds. The van der Waals surface area contributed by atoms with Gasteiger partial charge in [-0.1, -0.05) is 18.7 Å². The zero-order valence-electron chi connectivity index (χ0n) is 8.33. The van der Waals surface area contributed by atoms with E-state index < -0.39 is 0 Å². The largest absolute Gasteiger partial charge is 0.241 e. The van der Waals surface area contributed by atoms with Crippen LogP contribution in [0.5, 0.6) is 0 Å². The maximum atomic E-state index is 4.16. The number of aromatic nitrogens is 2. The number of aryl methyl sites for hydroxylation is 2. The van der Waals surface area contributed by atoms with E-state index in [0.717, 1.165) is 22.5 Å². The van der Waals surface area contributed by atoms with Gasteiger partial charge in [0, 0.05) is 17.0 Å². The molecular weight excluding hydrogens is 160 g/mol. The van der Waals surface area contributed by atoms with Crippen LogP contribution < -0.4 is 0 Å². The number of allylic oxidation sites excluding steroid dienone is 3. The van der Waals surface area contributed by atoms with Gasteiger partial charge in [0.25, 0.3) is 0 Å². The summed E-state index contributed by atoms with van der Waals surface area (Å²) in [5.74, 6) is 0. The highest BCUT2D eigenvalue weighted by atomic mass is 14.8. The lowest BCUT2D eigenvalue weighted by atomic mass is 10.0. The molecule has 0 saturated carbocycles. The quantitative estimate of drug-likeness (QED) is 0.644. The van der Waals surface area contributed by atoms with Crippen molar-refractivity contribution in [2.24, 2.45) is 0 Å². The summed E-state index contributed by atoms with van der Waals surface area (Å²) in [5.41, 5.74) is 4.19. The van der Waals surface area contributed by atoms with Gasteiger partial charge in [-0.05, 0) is 26.3 Å². The Morgan fingerprint density at radius 3 is 2.23 bits per heavy atom. The minimum atomic E-state index is 1.00. The summed E-state index contributed by atoms with van der Waals surface area (Å²) in [7, 11) is 0. The molecule has 0 N–H and O–H groups in total. The first-order valence-electron chi connectivity index (χ1n) is 4.28. The second-order valence-corrected chi connectivity index (χ2v) is 2.87. The lowest BCUT2D eigenvalue weighted by Crippen LogP contribution is -1.97. The van der Waals surface area contributed by atoms with Crippen LogP contribution in [0.4, 0.5) is 0 Å². The van der Waals surface area contributed by atoms with Crippen LogP contribution in [0.1, 0.15) is 23.9 Å². The standard InChI is InChI=1S/C11H14N2/c1-5-10(6-2)11-8(3)12-7-13-9(11)4/h5-7H,1H2,2-4H3. The number of rotatable bonds is 2. The van der Waals surface area contributed by atoms with Crippen LogP contribution in [-0.2, 0) is 0 Å². The van der Waals surface area contributed by atoms with Gasteiger partial charge in [0.15, 0.2) is 0 Å². The molecule has 0 aliphatic rings. The Balaban J connectivity index is 3.35. The minimum Gasteiger partial charge on any atom is -0.241 e. The summed E-state index contributed by atoms with van der Waals surface area (Å²) in [6.07, 6.45) is 5.44. The fraction of sp³-hybridized carbons (Fsp3) is 0.273. The summed E-state index contributed by atoms with van der Waals surface area (Å²) in [6, 6.07) is 0. The van der Waals surface area contributed by atoms with E-state index in [2.05, 4.69) is 16.5 Å². The zero-order chi connectivity index (χ0) is 9.84. The Kier molecular flexibility index (Phi) is 2.96. The van der Waals surface area contributed by atoms with Crippen LogP contribution in [0, 0.1) is 13.8 Å². The average molecular weight is 174 g/mol. The summed E-state index contributed by atoms with van der Waals surface area (Å²) in [4.78, 5) is 8.31. The van der Waals surface area contributed by atoms with Crippen molar-refractivity contribution >= 4 is 5.57 Å². The zero-order valence-corrected chi connectivity index (χ0v) is 8.33. The average Bonchev–Trinajstić information content (AvgIpc) is 2.11. The Labute approximate surface area is 79.0 Å². The first-order chi connectivity index (χ1) is 6.20. The first kappa shape index (κ1) is 9.65. The lowest BCUT2D eigenvalue weighted by Gasteiger charge is -2.07. The maximum Gasteiger partial charge on any atom is 0.115 e. The van der Waals surface area contributed by atoms with Gasteiger partial charge in [-0.2, -0.15) is 0 Å². The van der Waals surface area contributed by atoms with E-state index >= 15 is 0 Å². The van der Waals surface area contributed by atoms with Gasteiger partial charge in [0.05, 0.1) is 0 Å². The summed E-state index contributed by atoms with van der Waals surface area (Å²) in [5, 5.41) is 0. The van der Waals surface area contributed by atoms with E-state index in [1.807, 2.05) is 32.9 Å². The molecule has 13 heavy (non-hydrogen) atoms. The highest BCUT2D eigenvalue weighted by Crippen LogP contribution is 2.20. The van der Waals surface area contributed by atoms with E-state index in [-0.39, 0.29) is 0 Å². The van der Waals surface area contributed by atoms with Crippen molar-refractivity contribution in [3.8, 4) is 0 Å². The molecule has 0 atom stereocenters. The monoisotopic (exact) mass is 174 g/mol. The highest BCUT2D eigenvalue weighted by molar-refractivity contribution is 5.75. The molecule has 1 heterocycles. The topological polar surface area (TPSA) is 25.8 Å². The molecule has 0 unspecified atom stereocenters. The number of nitrogens with zero attached hydrogens (tertiary/aromatic N) is 2. The second kappa shape index (κ2) is 3.99. The lowest BCUT2D eigenvalue weighted by molar-refractivity contribution is 1.04. The van der Waals surface area contributed by atoms with Gasteiger partial charge in [0.1, 0.15) is 6.33 Å². The van der Waals surface area contributed by atoms with Crippen molar-refractivity contribution < 1.29 is 0 Å². The minimum absolute atomic E-state index is 1.00. The summed E-state index contributed by atoms with van der Waals surface area (Å²) < 4.78 is 0. The molecule has 0 fully saturated rings. The van der Waals surface area contributed by atoms with Crippen LogP contribution in [0.2, 0.25) is 0 Å². The maximum absolute atomic E-state index is 4.16. The Morgan fingerprint density at radius 1 is 1.31 bits per heavy atom. The smallest absolute Gasteiger partial charge is 0.115 e. The van der Waals surface area contributed by atoms with Crippen molar-refractivity contribution in [2.75, 3.05) is 0 Å². The number of hydrogen-bond donors (Lipinski definition) is 0. The molecule has 0 aliphatic carbocycles. The summed E-state index contributed by atoms with van der Waals surface area (Å²) >= 11 is 0. The predicted molar refractivity (Wildman–Crippen MR) is 55.4 cm³/mol. The SMILES string of the molecule is C=CC(=CC)c1c(C)ncnc1C. The second-order valence-electron chi connectivity index (χ2n) is 2.87. The molecule has 2 nitrogen and oxygen atoms in total. The molecule has 0 aromatic carbocycles.